The lowest BCUT2D eigenvalue weighted by Crippen LogP contribution is -2.39. The van der Waals surface area contributed by atoms with Gasteiger partial charge in [0.25, 0.3) is 0 Å². The molecule has 1 N–H and O–H groups in total. The topological polar surface area (TPSA) is 75.4 Å². The Morgan fingerprint density at radius 3 is 2.64 bits per heavy atom. The predicted molar refractivity (Wildman–Crippen MR) is 80.5 cm³/mol. The molecule has 1 amide bonds. The number of aromatic nitrogens is 2. The van der Waals surface area contributed by atoms with Crippen molar-refractivity contribution in [2.24, 2.45) is 5.92 Å². The number of carboxylic acid groups (broad SMARTS) is 1. The van der Waals surface area contributed by atoms with Gasteiger partial charge < -0.3 is 10.0 Å². The lowest BCUT2D eigenvalue weighted by molar-refractivity contribution is -0.133. The van der Waals surface area contributed by atoms with Crippen LogP contribution in [-0.4, -0.2) is 44.8 Å². The van der Waals surface area contributed by atoms with Gasteiger partial charge in [0.1, 0.15) is 0 Å². The zero-order chi connectivity index (χ0) is 15.5. The summed E-state index contributed by atoms with van der Waals surface area (Å²) >= 11 is 0. The number of carboxylic acids is 1. The van der Waals surface area contributed by atoms with Gasteiger partial charge >= 0.3 is 5.97 Å². The molecule has 1 unspecified atom stereocenters. The number of carbonyl (C=O) groups excluding carboxylic acids is 1. The van der Waals surface area contributed by atoms with Gasteiger partial charge in [-0.3, -0.25) is 9.48 Å². The monoisotopic (exact) mass is 303 g/mol. The third-order valence-corrected chi connectivity index (χ3v) is 4.59. The van der Waals surface area contributed by atoms with Gasteiger partial charge in [-0.1, -0.05) is 12.2 Å². The maximum Gasteiger partial charge on any atom is 0.338 e. The molecule has 1 aliphatic heterocycles. The highest BCUT2D eigenvalue weighted by atomic mass is 16.4. The average Bonchev–Trinajstić information content (AvgIpc) is 3.18. The Labute approximate surface area is 129 Å². The molecule has 6 nitrogen and oxygen atoms in total. The van der Waals surface area contributed by atoms with Gasteiger partial charge in [-0.15, -0.1) is 0 Å². The number of nitrogens with zero attached hydrogens (tertiary/aromatic N) is 3. The van der Waals surface area contributed by atoms with Crippen LogP contribution < -0.4 is 0 Å². The van der Waals surface area contributed by atoms with Gasteiger partial charge in [-0.2, -0.15) is 5.10 Å². The first-order valence-corrected chi connectivity index (χ1v) is 7.85. The van der Waals surface area contributed by atoms with Crippen LogP contribution in [-0.2, 0) is 4.79 Å². The van der Waals surface area contributed by atoms with Crippen LogP contribution in [0.4, 0.5) is 0 Å². The Morgan fingerprint density at radius 2 is 2.05 bits per heavy atom. The summed E-state index contributed by atoms with van der Waals surface area (Å²) < 4.78 is 1.73. The molecule has 22 heavy (non-hydrogen) atoms. The van der Waals surface area contributed by atoms with E-state index in [4.69, 9.17) is 5.11 Å². The summed E-state index contributed by atoms with van der Waals surface area (Å²) in [5, 5.41) is 13.1. The van der Waals surface area contributed by atoms with E-state index in [0.717, 1.165) is 38.8 Å². The van der Waals surface area contributed by atoms with Gasteiger partial charge in [0, 0.05) is 25.7 Å². The summed E-state index contributed by atoms with van der Waals surface area (Å²) in [6.45, 7) is 1.45. The van der Waals surface area contributed by atoms with Crippen molar-refractivity contribution < 1.29 is 14.7 Å². The maximum atomic E-state index is 12.3. The van der Waals surface area contributed by atoms with Crippen LogP contribution in [0.25, 0.3) is 0 Å². The second-order valence-corrected chi connectivity index (χ2v) is 6.10. The molecule has 1 aromatic heterocycles. The lowest BCUT2D eigenvalue weighted by Gasteiger charge is -2.32. The second-order valence-electron chi connectivity index (χ2n) is 6.10. The van der Waals surface area contributed by atoms with Crippen molar-refractivity contribution in [1.82, 2.24) is 14.7 Å². The summed E-state index contributed by atoms with van der Waals surface area (Å²) in [6.07, 6.45) is 11.7. The van der Waals surface area contributed by atoms with Crippen molar-refractivity contribution >= 4 is 11.9 Å². The minimum absolute atomic E-state index is 0.184. The summed E-state index contributed by atoms with van der Waals surface area (Å²) in [7, 11) is 0. The molecule has 0 aromatic carbocycles. The van der Waals surface area contributed by atoms with Crippen LogP contribution in [0.3, 0.4) is 0 Å². The highest BCUT2D eigenvalue weighted by Crippen LogP contribution is 2.25. The molecular formula is C16H21N3O3. The normalized spacial score (nSPS) is 22.2. The molecule has 2 aliphatic rings. The molecule has 0 spiro atoms. The summed E-state index contributed by atoms with van der Waals surface area (Å²) in [4.78, 5) is 25.1. The smallest absolute Gasteiger partial charge is 0.338 e. The fraction of sp³-hybridized carbons (Fsp3) is 0.562. The summed E-state index contributed by atoms with van der Waals surface area (Å²) in [6, 6.07) is 0.184. The van der Waals surface area contributed by atoms with Crippen molar-refractivity contribution in [2.75, 3.05) is 13.1 Å². The van der Waals surface area contributed by atoms with Crippen LogP contribution in [0, 0.1) is 5.92 Å². The number of likely N-dealkylation sites (tertiary alicyclic amines) is 1. The largest absolute Gasteiger partial charge is 0.478 e. The predicted octanol–water partition coefficient (Wildman–Crippen LogP) is 2.10. The van der Waals surface area contributed by atoms with Gasteiger partial charge in [-0.05, 0) is 31.6 Å². The van der Waals surface area contributed by atoms with E-state index in [-0.39, 0.29) is 17.5 Å². The summed E-state index contributed by atoms with van der Waals surface area (Å²) in [5.74, 6) is -0.306. The van der Waals surface area contributed by atoms with Gasteiger partial charge in [-0.25, -0.2) is 4.79 Å². The first-order valence-electron chi connectivity index (χ1n) is 7.85. The standard InChI is InChI=1S/C16H21N3O3/c20-15(9-12-3-1-2-4-12)18-7-5-14(6-8-18)19-11-13(10-17-19)16(21)22/h1,3,10-12,14H,2,4-9H2,(H,21,22). The third kappa shape index (κ3) is 3.21. The van der Waals surface area contributed by atoms with E-state index < -0.39 is 5.97 Å². The average molecular weight is 303 g/mol. The van der Waals surface area contributed by atoms with Crippen molar-refractivity contribution in [3.8, 4) is 0 Å². The Morgan fingerprint density at radius 1 is 1.27 bits per heavy atom. The highest BCUT2D eigenvalue weighted by molar-refractivity contribution is 5.86. The number of aromatic carboxylic acids is 1. The zero-order valence-electron chi connectivity index (χ0n) is 12.5. The first kappa shape index (κ1) is 14.8. The molecule has 1 atom stereocenters. The van der Waals surface area contributed by atoms with Crippen LogP contribution in [0.1, 0.15) is 48.5 Å². The molecule has 1 aliphatic carbocycles. The number of piperidine rings is 1. The van der Waals surface area contributed by atoms with E-state index in [1.807, 2.05) is 4.90 Å². The molecule has 1 aromatic rings. The zero-order valence-corrected chi connectivity index (χ0v) is 12.5. The fourth-order valence-electron chi connectivity index (χ4n) is 3.25. The van der Waals surface area contributed by atoms with Gasteiger partial charge in [0.15, 0.2) is 0 Å². The number of carbonyl (C=O) groups is 2. The van der Waals surface area contributed by atoms with Gasteiger partial charge in [0.05, 0.1) is 17.8 Å². The van der Waals surface area contributed by atoms with Crippen LogP contribution in [0.15, 0.2) is 24.5 Å². The Kier molecular flexibility index (Phi) is 4.27. The molecule has 0 bridgehead atoms. The van der Waals surface area contributed by atoms with Crippen molar-refractivity contribution in [3.05, 3.63) is 30.1 Å². The third-order valence-electron chi connectivity index (χ3n) is 4.59. The van der Waals surface area contributed by atoms with Gasteiger partial charge in [0.2, 0.25) is 5.91 Å². The number of rotatable bonds is 4. The molecule has 0 radical (unpaired) electrons. The van der Waals surface area contributed by atoms with Crippen LogP contribution in [0.5, 0.6) is 0 Å². The fourth-order valence-corrected chi connectivity index (χ4v) is 3.25. The van der Waals surface area contributed by atoms with E-state index in [0.29, 0.717) is 12.3 Å². The molecule has 2 heterocycles. The lowest BCUT2D eigenvalue weighted by atomic mass is 10.0. The number of amides is 1. The highest BCUT2D eigenvalue weighted by Gasteiger charge is 2.26. The van der Waals surface area contributed by atoms with E-state index in [1.165, 1.54) is 6.20 Å². The number of allylic oxidation sites excluding steroid dienone is 2. The molecule has 3 rings (SSSR count). The molecular weight excluding hydrogens is 282 g/mol. The SMILES string of the molecule is O=C(O)c1cnn(C2CCN(C(=O)CC3C=CCC3)CC2)c1. The minimum atomic E-state index is -0.955. The molecule has 6 heteroatoms. The maximum absolute atomic E-state index is 12.3. The van der Waals surface area contributed by atoms with Crippen LogP contribution >= 0.6 is 0 Å². The Hall–Kier alpha value is -2.11. The van der Waals surface area contributed by atoms with E-state index >= 15 is 0 Å². The number of hydrogen-bond acceptors (Lipinski definition) is 3. The first-order chi connectivity index (χ1) is 10.6. The molecule has 118 valence electrons. The van der Waals surface area contributed by atoms with E-state index in [9.17, 15) is 9.59 Å². The summed E-state index contributed by atoms with van der Waals surface area (Å²) in [5.41, 5.74) is 0.214. The minimum Gasteiger partial charge on any atom is -0.478 e. The van der Waals surface area contributed by atoms with E-state index in [2.05, 4.69) is 17.3 Å². The van der Waals surface area contributed by atoms with Crippen molar-refractivity contribution in [2.45, 2.75) is 38.1 Å². The van der Waals surface area contributed by atoms with Crippen molar-refractivity contribution in [1.29, 1.82) is 0 Å². The molecule has 1 fully saturated rings. The Bertz CT molecular complexity index is 585. The van der Waals surface area contributed by atoms with Crippen LogP contribution in [0.2, 0.25) is 0 Å². The van der Waals surface area contributed by atoms with E-state index in [1.54, 1.807) is 10.9 Å². The second kappa shape index (κ2) is 6.34. The number of hydrogen-bond donors (Lipinski definition) is 1. The molecule has 1 saturated heterocycles. The quantitative estimate of drug-likeness (QED) is 0.864. The Balaban J connectivity index is 1.52. The molecule has 0 saturated carbocycles. The van der Waals surface area contributed by atoms with Crippen molar-refractivity contribution in [3.63, 3.8) is 0 Å².